The van der Waals surface area contributed by atoms with Gasteiger partial charge in [-0.25, -0.2) is 4.79 Å². The Hall–Kier alpha value is -1.62. The number of thiocarbonyl (C=S) groups is 1. The Morgan fingerprint density at radius 3 is 2.42 bits per heavy atom. The Kier molecular flexibility index (Phi) is 6.52. The average molecular weight is 408 g/mol. The maximum absolute atomic E-state index is 12.5. The number of esters is 1. The zero-order valence-corrected chi connectivity index (χ0v) is 16.5. The Balaban J connectivity index is 1.73. The van der Waals surface area contributed by atoms with Gasteiger partial charge >= 0.3 is 5.97 Å². The van der Waals surface area contributed by atoms with Crippen LogP contribution in [0.4, 0.5) is 5.69 Å². The molecule has 0 aromatic heterocycles. The van der Waals surface area contributed by atoms with Gasteiger partial charge in [0.2, 0.25) is 0 Å². The van der Waals surface area contributed by atoms with E-state index in [4.69, 9.17) is 40.2 Å². The van der Waals surface area contributed by atoms with Crippen LogP contribution in [-0.4, -0.2) is 17.1 Å². The fourth-order valence-electron chi connectivity index (χ4n) is 3.00. The first-order valence-electron chi connectivity index (χ1n) is 8.61. The maximum Gasteiger partial charge on any atom is 0.340 e. The fraction of sp³-hybridized carbons (Fsp3) is 0.300. The van der Waals surface area contributed by atoms with E-state index in [1.54, 1.807) is 24.3 Å². The van der Waals surface area contributed by atoms with Crippen LogP contribution in [-0.2, 0) is 4.74 Å². The number of carbonyl (C=O) groups excluding carboxylic acids is 1. The van der Waals surface area contributed by atoms with Crippen molar-refractivity contribution in [1.29, 1.82) is 0 Å². The van der Waals surface area contributed by atoms with Crippen LogP contribution < -0.4 is 5.32 Å². The number of benzene rings is 2. The molecule has 0 bridgehead atoms. The summed E-state index contributed by atoms with van der Waals surface area (Å²) in [7, 11) is 0. The molecule has 1 fully saturated rings. The molecule has 0 heterocycles. The molecule has 6 heteroatoms. The summed E-state index contributed by atoms with van der Waals surface area (Å²) >= 11 is 17.8. The molecule has 1 aliphatic carbocycles. The highest BCUT2D eigenvalue weighted by atomic mass is 35.5. The van der Waals surface area contributed by atoms with Crippen molar-refractivity contribution in [3.63, 3.8) is 0 Å². The summed E-state index contributed by atoms with van der Waals surface area (Å²) in [5.41, 5.74) is 1.73. The van der Waals surface area contributed by atoms with E-state index in [2.05, 4.69) is 5.32 Å². The van der Waals surface area contributed by atoms with Crippen LogP contribution in [0.3, 0.4) is 0 Å². The van der Waals surface area contributed by atoms with Crippen molar-refractivity contribution in [2.75, 3.05) is 5.32 Å². The highest BCUT2D eigenvalue weighted by molar-refractivity contribution is 7.81. The van der Waals surface area contributed by atoms with Crippen molar-refractivity contribution in [3.05, 3.63) is 63.6 Å². The Morgan fingerprint density at radius 2 is 1.69 bits per heavy atom. The van der Waals surface area contributed by atoms with Crippen LogP contribution in [0.15, 0.2) is 42.5 Å². The molecule has 1 aliphatic rings. The number of halogens is 2. The quantitative estimate of drug-likeness (QED) is 0.478. The Bertz CT molecular complexity index is 819. The van der Waals surface area contributed by atoms with Crippen molar-refractivity contribution in [3.8, 4) is 0 Å². The molecule has 0 spiro atoms. The molecule has 26 heavy (non-hydrogen) atoms. The smallest absolute Gasteiger partial charge is 0.340 e. The third-order valence-corrected chi connectivity index (χ3v) is 5.37. The van der Waals surface area contributed by atoms with Gasteiger partial charge in [0.05, 0.1) is 15.6 Å². The topological polar surface area (TPSA) is 38.3 Å². The molecule has 1 saturated carbocycles. The average Bonchev–Trinajstić information content (AvgIpc) is 2.64. The van der Waals surface area contributed by atoms with Crippen LogP contribution >= 0.6 is 35.4 Å². The predicted octanol–water partition coefficient (Wildman–Crippen LogP) is 6.27. The highest BCUT2D eigenvalue weighted by Gasteiger charge is 2.21. The van der Waals surface area contributed by atoms with Gasteiger partial charge in [-0.05, 0) is 49.9 Å². The van der Waals surface area contributed by atoms with Crippen molar-refractivity contribution in [2.45, 2.75) is 38.2 Å². The predicted molar refractivity (Wildman–Crippen MR) is 111 cm³/mol. The summed E-state index contributed by atoms with van der Waals surface area (Å²) in [5.74, 6) is -0.394. The molecule has 1 N–H and O–H groups in total. The molecule has 0 saturated heterocycles. The van der Waals surface area contributed by atoms with E-state index in [0.29, 0.717) is 26.3 Å². The maximum atomic E-state index is 12.5. The van der Waals surface area contributed by atoms with E-state index in [0.717, 1.165) is 31.2 Å². The van der Waals surface area contributed by atoms with Crippen LogP contribution in [0.2, 0.25) is 10.0 Å². The SMILES string of the molecule is O=C(OC1CCCCC1)c1cc(NC(=S)c2ccccc2Cl)ccc1Cl. The van der Waals surface area contributed by atoms with E-state index < -0.39 is 5.97 Å². The van der Waals surface area contributed by atoms with Gasteiger partial charge in [-0.1, -0.05) is 60.0 Å². The molecule has 0 amide bonds. The molecule has 2 aromatic rings. The first-order chi connectivity index (χ1) is 12.5. The first kappa shape index (κ1) is 19.2. The summed E-state index contributed by atoms with van der Waals surface area (Å²) in [6.07, 6.45) is 5.20. The normalized spacial score (nSPS) is 14.7. The summed E-state index contributed by atoms with van der Waals surface area (Å²) in [6.45, 7) is 0. The second-order valence-electron chi connectivity index (χ2n) is 6.29. The Morgan fingerprint density at radius 1 is 1.00 bits per heavy atom. The van der Waals surface area contributed by atoms with Crippen LogP contribution in [0.1, 0.15) is 48.0 Å². The van der Waals surface area contributed by atoms with Crippen LogP contribution in [0, 0.1) is 0 Å². The molecule has 136 valence electrons. The second-order valence-corrected chi connectivity index (χ2v) is 7.52. The zero-order valence-electron chi connectivity index (χ0n) is 14.1. The van der Waals surface area contributed by atoms with Crippen molar-refractivity contribution in [1.82, 2.24) is 0 Å². The van der Waals surface area contributed by atoms with Gasteiger partial charge in [-0.2, -0.15) is 0 Å². The van der Waals surface area contributed by atoms with E-state index in [9.17, 15) is 4.79 Å². The molecule has 3 rings (SSSR count). The van der Waals surface area contributed by atoms with E-state index in [1.807, 2.05) is 18.2 Å². The summed E-state index contributed by atoms with van der Waals surface area (Å²) in [6, 6.07) is 12.4. The van der Waals surface area contributed by atoms with Gasteiger partial charge < -0.3 is 10.1 Å². The molecule has 3 nitrogen and oxygen atoms in total. The molecule has 0 atom stereocenters. The number of ether oxygens (including phenoxy) is 1. The molecular weight excluding hydrogens is 389 g/mol. The molecular formula is C20H19Cl2NO2S. The number of nitrogens with one attached hydrogen (secondary N) is 1. The molecule has 0 radical (unpaired) electrons. The third kappa shape index (κ3) is 4.76. The number of rotatable bonds is 4. The fourth-order valence-corrected chi connectivity index (χ4v) is 3.78. The van der Waals surface area contributed by atoms with Crippen molar-refractivity contribution >= 4 is 52.1 Å². The number of hydrogen-bond donors (Lipinski definition) is 1. The van der Waals surface area contributed by atoms with Crippen LogP contribution in [0.25, 0.3) is 0 Å². The van der Waals surface area contributed by atoms with E-state index in [1.165, 1.54) is 6.42 Å². The number of carbonyl (C=O) groups is 1. The van der Waals surface area contributed by atoms with Gasteiger partial charge in [-0.3, -0.25) is 0 Å². The minimum absolute atomic E-state index is 0.0202. The van der Waals surface area contributed by atoms with Crippen LogP contribution in [0.5, 0.6) is 0 Å². The lowest BCUT2D eigenvalue weighted by atomic mass is 9.98. The summed E-state index contributed by atoms with van der Waals surface area (Å²) < 4.78 is 5.62. The minimum atomic E-state index is -0.394. The molecule has 0 aliphatic heterocycles. The minimum Gasteiger partial charge on any atom is -0.459 e. The third-order valence-electron chi connectivity index (χ3n) is 4.39. The van der Waals surface area contributed by atoms with Gasteiger partial charge in [0.1, 0.15) is 11.1 Å². The van der Waals surface area contributed by atoms with Gasteiger partial charge in [0.25, 0.3) is 0 Å². The zero-order chi connectivity index (χ0) is 18.5. The van der Waals surface area contributed by atoms with Gasteiger partial charge in [0.15, 0.2) is 0 Å². The Labute approximate surface area is 168 Å². The van der Waals surface area contributed by atoms with Gasteiger partial charge in [0, 0.05) is 11.3 Å². The lowest BCUT2D eigenvalue weighted by Gasteiger charge is -2.22. The molecule has 0 unspecified atom stereocenters. The second kappa shape index (κ2) is 8.85. The largest absolute Gasteiger partial charge is 0.459 e. The lowest BCUT2D eigenvalue weighted by Crippen LogP contribution is -2.21. The van der Waals surface area contributed by atoms with Gasteiger partial charge in [-0.15, -0.1) is 0 Å². The van der Waals surface area contributed by atoms with E-state index in [-0.39, 0.29) is 6.10 Å². The monoisotopic (exact) mass is 407 g/mol. The number of hydrogen-bond acceptors (Lipinski definition) is 3. The summed E-state index contributed by atoms with van der Waals surface area (Å²) in [4.78, 5) is 13.0. The lowest BCUT2D eigenvalue weighted by molar-refractivity contribution is 0.0211. The molecule has 2 aromatic carbocycles. The highest BCUT2D eigenvalue weighted by Crippen LogP contribution is 2.26. The standard InChI is InChI=1S/C20H19Cl2NO2S/c21-17-9-5-4-8-15(17)19(26)23-13-10-11-18(22)16(12-13)20(24)25-14-6-2-1-3-7-14/h4-5,8-12,14H,1-3,6-7H2,(H,23,26). The summed E-state index contributed by atoms with van der Waals surface area (Å²) in [5, 5.41) is 4.03. The number of anilines is 1. The van der Waals surface area contributed by atoms with E-state index >= 15 is 0 Å². The van der Waals surface area contributed by atoms with Crippen molar-refractivity contribution < 1.29 is 9.53 Å². The van der Waals surface area contributed by atoms with Crippen molar-refractivity contribution in [2.24, 2.45) is 0 Å². The first-order valence-corrected chi connectivity index (χ1v) is 9.77.